The first-order valence-electron chi connectivity index (χ1n) is 5.39. The van der Waals surface area contributed by atoms with E-state index in [1.165, 1.54) is 12.1 Å². The maximum atomic E-state index is 12.6. The van der Waals surface area contributed by atoms with Gasteiger partial charge in [-0.25, -0.2) is 9.18 Å². The normalized spacial score (nSPS) is 14.2. The molecule has 1 saturated carbocycles. The van der Waals surface area contributed by atoms with Gasteiger partial charge in [0.05, 0.1) is 5.92 Å². The zero-order valence-corrected chi connectivity index (χ0v) is 9.11. The molecule has 90 valence electrons. The number of nitrogens with one attached hydrogen (secondary N) is 1. The number of esters is 1. The van der Waals surface area contributed by atoms with Crippen molar-refractivity contribution in [3.63, 3.8) is 0 Å². The van der Waals surface area contributed by atoms with Gasteiger partial charge in [0.25, 0.3) is 0 Å². The molecular formula is C12H12FNO3. The zero-order valence-electron chi connectivity index (χ0n) is 9.11. The van der Waals surface area contributed by atoms with Gasteiger partial charge < -0.3 is 10.1 Å². The molecule has 0 bridgehead atoms. The molecule has 1 N–H and O–H groups in total. The van der Waals surface area contributed by atoms with Crippen LogP contribution in [0.4, 0.5) is 9.18 Å². The predicted molar refractivity (Wildman–Crippen MR) is 57.5 cm³/mol. The van der Waals surface area contributed by atoms with Crippen LogP contribution in [0.2, 0.25) is 0 Å². The van der Waals surface area contributed by atoms with Crippen LogP contribution in [0.1, 0.15) is 18.4 Å². The van der Waals surface area contributed by atoms with E-state index in [1.54, 1.807) is 12.1 Å². The van der Waals surface area contributed by atoms with Crippen LogP contribution >= 0.6 is 0 Å². The lowest BCUT2D eigenvalue weighted by atomic mass is 10.2. The van der Waals surface area contributed by atoms with E-state index >= 15 is 0 Å². The number of halogens is 1. The summed E-state index contributed by atoms with van der Waals surface area (Å²) >= 11 is 0. The summed E-state index contributed by atoms with van der Waals surface area (Å²) in [7, 11) is 0. The number of rotatable bonds is 3. The summed E-state index contributed by atoms with van der Waals surface area (Å²) in [5, 5.41) is 2.43. The third-order valence-corrected chi connectivity index (χ3v) is 2.45. The minimum Gasteiger partial charge on any atom is -0.376 e. The molecule has 1 aliphatic carbocycles. The van der Waals surface area contributed by atoms with E-state index in [9.17, 15) is 14.0 Å². The summed E-state index contributed by atoms with van der Waals surface area (Å²) in [5.74, 6) is -0.909. The summed E-state index contributed by atoms with van der Waals surface area (Å²) in [4.78, 5) is 22.3. The molecule has 0 aromatic heterocycles. The topological polar surface area (TPSA) is 55.4 Å². The fourth-order valence-corrected chi connectivity index (χ4v) is 1.31. The monoisotopic (exact) mass is 237 g/mol. The van der Waals surface area contributed by atoms with Gasteiger partial charge in [-0.2, -0.15) is 0 Å². The average Bonchev–Trinajstić information content (AvgIpc) is 3.12. The van der Waals surface area contributed by atoms with Crippen molar-refractivity contribution in [1.82, 2.24) is 5.32 Å². The lowest BCUT2D eigenvalue weighted by molar-refractivity contribution is -0.138. The van der Waals surface area contributed by atoms with Gasteiger partial charge >= 0.3 is 12.1 Å². The molecule has 0 spiro atoms. The Kier molecular flexibility index (Phi) is 3.37. The van der Waals surface area contributed by atoms with Gasteiger partial charge in [-0.1, -0.05) is 12.1 Å². The van der Waals surface area contributed by atoms with Crippen molar-refractivity contribution in [3.05, 3.63) is 35.6 Å². The summed E-state index contributed by atoms with van der Waals surface area (Å²) in [6, 6.07) is 5.71. The lowest BCUT2D eigenvalue weighted by Crippen LogP contribution is -2.26. The SMILES string of the molecule is O=C(NCc1ccc(F)cc1)OC(=O)C1CC1. The summed E-state index contributed by atoms with van der Waals surface area (Å²) in [6.45, 7) is 0.205. The van der Waals surface area contributed by atoms with Crippen molar-refractivity contribution >= 4 is 12.1 Å². The molecular weight excluding hydrogens is 225 g/mol. The first-order valence-corrected chi connectivity index (χ1v) is 5.39. The van der Waals surface area contributed by atoms with Crippen LogP contribution in [-0.2, 0) is 16.1 Å². The molecule has 4 nitrogen and oxygen atoms in total. The molecule has 5 heteroatoms. The Bertz CT molecular complexity index is 426. The fraction of sp³-hybridized carbons (Fsp3) is 0.333. The van der Waals surface area contributed by atoms with Gasteiger partial charge in [0.1, 0.15) is 5.82 Å². The number of ether oxygens (including phenoxy) is 1. The summed E-state index contributed by atoms with van der Waals surface area (Å²) < 4.78 is 17.2. The highest BCUT2D eigenvalue weighted by Crippen LogP contribution is 2.29. The highest BCUT2D eigenvalue weighted by Gasteiger charge is 2.32. The second-order valence-corrected chi connectivity index (χ2v) is 3.96. The fourth-order valence-electron chi connectivity index (χ4n) is 1.31. The maximum Gasteiger partial charge on any atom is 0.415 e. The van der Waals surface area contributed by atoms with E-state index in [-0.39, 0.29) is 18.3 Å². The molecule has 0 atom stereocenters. The van der Waals surface area contributed by atoms with Crippen LogP contribution in [0.5, 0.6) is 0 Å². The average molecular weight is 237 g/mol. The molecule has 1 amide bonds. The molecule has 1 aromatic rings. The first kappa shape index (κ1) is 11.6. The van der Waals surface area contributed by atoms with Crippen molar-refractivity contribution in [2.75, 3.05) is 0 Å². The van der Waals surface area contributed by atoms with Crippen LogP contribution in [0.25, 0.3) is 0 Å². The van der Waals surface area contributed by atoms with Crippen LogP contribution < -0.4 is 5.32 Å². The van der Waals surface area contributed by atoms with Crippen LogP contribution in [0.3, 0.4) is 0 Å². The van der Waals surface area contributed by atoms with Gasteiger partial charge in [-0.3, -0.25) is 4.79 Å². The third kappa shape index (κ3) is 3.55. The standard InChI is InChI=1S/C12H12FNO3/c13-10-5-1-8(2-6-10)7-14-12(16)17-11(15)9-3-4-9/h1-2,5-6,9H,3-4,7H2,(H,14,16). The van der Waals surface area contributed by atoms with Crippen molar-refractivity contribution in [2.45, 2.75) is 19.4 Å². The van der Waals surface area contributed by atoms with Crippen LogP contribution in [0, 0.1) is 11.7 Å². The molecule has 2 rings (SSSR count). The van der Waals surface area contributed by atoms with Crippen molar-refractivity contribution in [2.24, 2.45) is 5.92 Å². The predicted octanol–water partition coefficient (Wildman–Crippen LogP) is 1.99. The van der Waals surface area contributed by atoms with Crippen molar-refractivity contribution < 1.29 is 18.7 Å². The Morgan fingerprint density at radius 1 is 1.29 bits per heavy atom. The Balaban J connectivity index is 1.75. The van der Waals surface area contributed by atoms with Gasteiger partial charge in [-0.15, -0.1) is 0 Å². The molecule has 0 radical (unpaired) electrons. The van der Waals surface area contributed by atoms with E-state index in [0.717, 1.165) is 18.4 Å². The lowest BCUT2D eigenvalue weighted by Gasteiger charge is -2.05. The molecule has 17 heavy (non-hydrogen) atoms. The second-order valence-electron chi connectivity index (χ2n) is 3.96. The number of hydrogen-bond donors (Lipinski definition) is 1. The smallest absolute Gasteiger partial charge is 0.376 e. The molecule has 1 fully saturated rings. The van der Waals surface area contributed by atoms with Crippen molar-refractivity contribution in [1.29, 1.82) is 0 Å². The van der Waals surface area contributed by atoms with E-state index in [0.29, 0.717) is 0 Å². The van der Waals surface area contributed by atoms with E-state index < -0.39 is 12.1 Å². The minimum absolute atomic E-state index is 0.105. The van der Waals surface area contributed by atoms with Gasteiger partial charge in [0.2, 0.25) is 0 Å². The third-order valence-electron chi connectivity index (χ3n) is 2.45. The number of benzene rings is 1. The zero-order chi connectivity index (χ0) is 12.3. The summed E-state index contributed by atoms with van der Waals surface area (Å²) in [5.41, 5.74) is 0.738. The minimum atomic E-state index is -0.758. The van der Waals surface area contributed by atoms with Crippen LogP contribution in [-0.4, -0.2) is 12.1 Å². The largest absolute Gasteiger partial charge is 0.415 e. The maximum absolute atomic E-state index is 12.6. The van der Waals surface area contributed by atoms with Crippen LogP contribution in [0.15, 0.2) is 24.3 Å². The van der Waals surface area contributed by atoms with Gasteiger partial charge in [0.15, 0.2) is 0 Å². The molecule has 0 aliphatic heterocycles. The molecule has 1 aliphatic rings. The molecule has 0 unspecified atom stereocenters. The Labute approximate surface area is 97.8 Å². The number of amides is 1. The highest BCUT2D eigenvalue weighted by atomic mass is 19.1. The number of alkyl carbamates (subject to hydrolysis) is 1. The Morgan fingerprint density at radius 2 is 1.94 bits per heavy atom. The van der Waals surface area contributed by atoms with Crippen molar-refractivity contribution in [3.8, 4) is 0 Å². The quantitative estimate of drug-likeness (QED) is 0.646. The molecule has 0 heterocycles. The number of carbonyl (C=O) groups excluding carboxylic acids is 2. The Morgan fingerprint density at radius 3 is 2.53 bits per heavy atom. The van der Waals surface area contributed by atoms with E-state index in [2.05, 4.69) is 10.1 Å². The van der Waals surface area contributed by atoms with Gasteiger partial charge in [-0.05, 0) is 30.5 Å². The number of hydrogen-bond acceptors (Lipinski definition) is 3. The Hall–Kier alpha value is -1.91. The molecule has 0 saturated heterocycles. The second kappa shape index (κ2) is 4.95. The summed E-state index contributed by atoms with van der Waals surface area (Å²) in [6.07, 6.45) is 0.833. The highest BCUT2D eigenvalue weighted by molar-refractivity contribution is 5.87. The number of carbonyl (C=O) groups is 2. The molecule has 1 aromatic carbocycles. The first-order chi connectivity index (χ1) is 8.15. The van der Waals surface area contributed by atoms with Gasteiger partial charge in [0, 0.05) is 6.54 Å². The van der Waals surface area contributed by atoms with E-state index in [4.69, 9.17) is 0 Å². The van der Waals surface area contributed by atoms with E-state index in [1.807, 2.05) is 0 Å².